The Kier molecular flexibility index (Phi) is 8.10. The Balaban J connectivity index is 1.43. The number of phenolic OH excluding ortho intramolecular Hbond substituents is 1. The molecule has 0 spiro atoms. The number of hydrazine groups is 1. The Morgan fingerprint density at radius 1 is 0.884 bits per heavy atom. The number of rotatable bonds is 9. The van der Waals surface area contributed by atoms with Crippen LogP contribution in [0.2, 0.25) is 0 Å². The summed E-state index contributed by atoms with van der Waals surface area (Å²) < 4.78 is 65.8. The molecule has 6 rings (SSSR count). The van der Waals surface area contributed by atoms with Crippen LogP contribution in [0, 0.1) is 0 Å². The molecular weight excluding hydrogens is 631 g/mol. The standard InChI is InChI=1S/C28H27N5O6S4/c1-42(35,36)18-6-4-7-19(16-18)43(37,38)32-23-11-5-9-21-26(23)24(17-25(27(21)34)41-33-12-14-39-15-13-33)29-30-28-20-8-2-3-10-22(20)31-40-28/h2-11,16-17,29-30,32,34H,12-15H2,1H3. The number of anilines is 3. The molecule has 5 aromatic rings. The Morgan fingerprint density at radius 2 is 1.60 bits per heavy atom. The second kappa shape index (κ2) is 11.8. The van der Waals surface area contributed by atoms with Crippen molar-refractivity contribution in [3.63, 3.8) is 0 Å². The van der Waals surface area contributed by atoms with Crippen LogP contribution in [-0.2, 0) is 24.6 Å². The first-order valence-corrected chi connectivity index (χ1v) is 18.0. The van der Waals surface area contributed by atoms with Crippen molar-refractivity contribution < 1.29 is 26.7 Å². The molecule has 224 valence electrons. The van der Waals surface area contributed by atoms with Crippen LogP contribution in [0.1, 0.15) is 0 Å². The minimum absolute atomic E-state index is 0.000374. The van der Waals surface area contributed by atoms with Crippen LogP contribution in [0.15, 0.2) is 87.5 Å². The number of morpholine rings is 1. The Morgan fingerprint density at radius 3 is 2.40 bits per heavy atom. The van der Waals surface area contributed by atoms with Crippen LogP contribution in [0.3, 0.4) is 0 Å². The van der Waals surface area contributed by atoms with E-state index in [4.69, 9.17) is 4.74 Å². The summed E-state index contributed by atoms with van der Waals surface area (Å²) in [6, 6.07) is 19.6. The number of sulfone groups is 1. The maximum absolute atomic E-state index is 13.5. The number of nitrogens with one attached hydrogen (secondary N) is 3. The minimum atomic E-state index is -4.22. The van der Waals surface area contributed by atoms with E-state index < -0.39 is 19.9 Å². The lowest BCUT2D eigenvalue weighted by molar-refractivity contribution is 0.0773. The van der Waals surface area contributed by atoms with Crippen molar-refractivity contribution in [3.8, 4) is 5.75 Å². The SMILES string of the molecule is CS(=O)(=O)c1cccc(S(=O)(=O)Nc2cccc3c(O)c(SN4CCOCC4)cc(NNc4snc5ccccc45)c23)c1. The predicted octanol–water partition coefficient (Wildman–Crippen LogP) is 5.14. The van der Waals surface area contributed by atoms with E-state index in [0.717, 1.165) is 28.2 Å². The first kappa shape index (κ1) is 29.5. The normalized spacial score (nSPS) is 14.6. The maximum atomic E-state index is 13.5. The number of aromatic nitrogens is 1. The van der Waals surface area contributed by atoms with E-state index in [1.807, 2.05) is 24.3 Å². The van der Waals surface area contributed by atoms with Gasteiger partial charge in [0.25, 0.3) is 10.0 Å². The van der Waals surface area contributed by atoms with Gasteiger partial charge in [-0.15, -0.1) is 0 Å². The van der Waals surface area contributed by atoms with Gasteiger partial charge in [0.1, 0.15) is 10.8 Å². The van der Waals surface area contributed by atoms with Gasteiger partial charge in [-0.1, -0.05) is 30.3 Å². The minimum Gasteiger partial charge on any atom is -0.506 e. The third kappa shape index (κ3) is 6.23. The summed E-state index contributed by atoms with van der Waals surface area (Å²) in [7, 11) is -7.85. The van der Waals surface area contributed by atoms with Crippen LogP contribution in [0.25, 0.3) is 21.7 Å². The average molecular weight is 658 g/mol. The topological polar surface area (TPSA) is 150 Å². The lowest BCUT2D eigenvalue weighted by Crippen LogP contribution is -2.30. The van der Waals surface area contributed by atoms with Gasteiger partial charge in [0.15, 0.2) is 9.84 Å². The van der Waals surface area contributed by atoms with Crippen molar-refractivity contribution in [1.82, 2.24) is 8.68 Å². The molecule has 2 heterocycles. The van der Waals surface area contributed by atoms with Gasteiger partial charge < -0.3 is 9.84 Å². The highest BCUT2D eigenvalue weighted by Crippen LogP contribution is 2.44. The largest absolute Gasteiger partial charge is 0.506 e. The van der Waals surface area contributed by atoms with E-state index >= 15 is 0 Å². The van der Waals surface area contributed by atoms with E-state index in [2.05, 4.69) is 24.3 Å². The van der Waals surface area contributed by atoms with Crippen molar-refractivity contribution in [2.75, 3.05) is 48.1 Å². The third-order valence-electron chi connectivity index (χ3n) is 6.78. The van der Waals surface area contributed by atoms with Crippen LogP contribution in [0.4, 0.5) is 16.4 Å². The van der Waals surface area contributed by atoms with E-state index in [1.165, 1.54) is 41.7 Å². The number of nitrogens with zero attached hydrogens (tertiary/aromatic N) is 2. The number of sulfonamides is 1. The van der Waals surface area contributed by atoms with Crippen molar-refractivity contribution in [1.29, 1.82) is 0 Å². The second-order valence-corrected chi connectivity index (χ2v) is 15.4. The highest BCUT2D eigenvalue weighted by Gasteiger charge is 2.23. The molecular formula is C28H27N5O6S4. The molecule has 1 fully saturated rings. The molecule has 0 aliphatic carbocycles. The van der Waals surface area contributed by atoms with Crippen LogP contribution in [0.5, 0.6) is 5.75 Å². The van der Waals surface area contributed by atoms with E-state index in [1.54, 1.807) is 24.3 Å². The molecule has 0 bridgehead atoms. The molecule has 0 atom stereocenters. The van der Waals surface area contributed by atoms with Gasteiger partial charge in [-0.25, -0.2) is 21.1 Å². The van der Waals surface area contributed by atoms with Gasteiger partial charge in [-0.3, -0.25) is 15.6 Å². The first-order valence-electron chi connectivity index (χ1n) is 13.1. The number of aromatic hydroxyl groups is 1. The smallest absolute Gasteiger partial charge is 0.261 e. The molecule has 0 saturated carbocycles. The second-order valence-electron chi connectivity index (χ2n) is 9.76. The molecule has 0 unspecified atom stereocenters. The van der Waals surface area contributed by atoms with Crippen molar-refractivity contribution >= 4 is 81.4 Å². The van der Waals surface area contributed by atoms with Crippen molar-refractivity contribution in [3.05, 3.63) is 72.8 Å². The molecule has 1 aliphatic rings. The zero-order valence-electron chi connectivity index (χ0n) is 22.8. The highest BCUT2D eigenvalue weighted by molar-refractivity contribution is 7.97. The van der Waals surface area contributed by atoms with Crippen LogP contribution >= 0.6 is 23.5 Å². The summed E-state index contributed by atoms with van der Waals surface area (Å²) in [5, 5.41) is 13.9. The highest BCUT2D eigenvalue weighted by atomic mass is 32.2. The molecule has 1 aromatic heterocycles. The van der Waals surface area contributed by atoms with Gasteiger partial charge in [0.2, 0.25) is 0 Å². The summed E-state index contributed by atoms with van der Waals surface area (Å²) in [6.45, 7) is 2.53. The predicted molar refractivity (Wildman–Crippen MR) is 171 cm³/mol. The molecule has 4 N–H and O–H groups in total. The Hall–Kier alpha value is -3.60. The average Bonchev–Trinajstić information content (AvgIpc) is 3.41. The van der Waals surface area contributed by atoms with Crippen molar-refractivity contribution in [2.24, 2.45) is 0 Å². The summed E-state index contributed by atoms with van der Waals surface area (Å²) in [5.41, 5.74) is 7.96. The summed E-state index contributed by atoms with van der Waals surface area (Å²) in [6.07, 6.45) is 1.02. The number of benzene rings is 4. The van der Waals surface area contributed by atoms with Crippen molar-refractivity contribution in [2.45, 2.75) is 14.7 Å². The van der Waals surface area contributed by atoms with Crippen LogP contribution in [-0.4, -0.2) is 63.2 Å². The van der Waals surface area contributed by atoms with Gasteiger partial charge in [-0.2, -0.15) is 4.37 Å². The zero-order chi connectivity index (χ0) is 30.2. The summed E-state index contributed by atoms with van der Waals surface area (Å²) >= 11 is 2.67. The van der Waals surface area contributed by atoms with Gasteiger partial charge in [-0.05, 0) is 65.9 Å². The molecule has 15 heteroatoms. The number of phenols is 1. The third-order valence-corrected chi connectivity index (χ3v) is 11.2. The van der Waals surface area contributed by atoms with Crippen LogP contribution < -0.4 is 15.6 Å². The summed E-state index contributed by atoms with van der Waals surface area (Å²) in [5.74, 6) is 0.000374. The fourth-order valence-corrected chi connectivity index (χ4v) is 8.21. The first-order chi connectivity index (χ1) is 20.6. The Labute approximate surface area is 257 Å². The quantitative estimate of drug-likeness (QED) is 0.0948. The van der Waals surface area contributed by atoms with Gasteiger partial charge in [0.05, 0.1) is 44.8 Å². The molecule has 0 radical (unpaired) electrons. The maximum Gasteiger partial charge on any atom is 0.261 e. The molecule has 1 saturated heterocycles. The molecule has 43 heavy (non-hydrogen) atoms. The number of fused-ring (bicyclic) bond motifs is 2. The molecule has 0 amide bonds. The molecule has 4 aromatic carbocycles. The van der Waals surface area contributed by atoms with E-state index in [9.17, 15) is 21.9 Å². The molecule has 1 aliphatic heterocycles. The van der Waals surface area contributed by atoms with E-state index in [-0.39, 0.29) is 21.2 Å². The number of hydrogen-bond acceptors (Lipinski definition) is 12. The van der Waals surface area contributed by atoms with Gasteiger partial charge in [0, 0.05) is 35.5 Å². The number of ether oxygens (including phenoxy) is 1. The monoisotopic (exact) mass is 657 g/mol. The fourth-order valence-electron chi connectivity index (χ4n) is 4.65. The lowest BCUT2D eigenvalue weighted by Gasteiger charge is -2.26. The zero-order valence-corrected chi connectivity index (χ0v) is 26.0. The fraction of sp³-hybridized carbons (Fsp3) is 0.179. The Bertz CT molecular complexity index is 2040. The molecule has 11 nitrogen and oxygen atoms in total. The van der Waals surface area contributed by atoms with Gasteiger partial charge >= 0.3 is 0 Å². The lowest BCUT2D eigenvalue weighted by atomic mass is 10.1. The number of hydrogen-bond donors (Lipinski definition) is 4. The summed E-state index contributed by atoms with van der Waals surface area (Å²) in [4.78, 5) is 0.257. The van der Waals surface area contributed by atoms with E-state index in [0.29, 0.717) is 47.7 Å².